The Balaban J connectivity index is -0.00000560. The first kappa shape index (κ1) is 81.0. The summed E-state index contributed by atoms with van der Waals surface area (Å²) >= 11 is 0. The van der Waals surface area contributed by atoms with Gasteiger partial charge < -0.3 is 51.7 Å². The van der Waals surface area contributed by atoms with Gasteiger partial charge in [0, 0.05) is 40.9 Å². The molecule has 0 aliphatic heterocycles. The number of carboxylic acids is 2. The minimum absolute atomic E-state index is 0. The maximum absolute atomic E-state index is 11.8. The van der Waals surface area contributed by atoms with Crippen LogP contribution in [0.2, 0.25) is 0 Å². The van der Waals surface area contributed by atoms with Crippen LogP contribution in [0.25, 0.3) is 0 Å². The van der Waals surface area contributed by atoms with Crippen LogP contribution < -0.4 is 0 Å². The zero-order valence-corrected chi connectivity index (χ0v) is 55.7. The third-order valence-electron chi connectivity index (χ3n) is 17.5. The molecule has 3 rings (SSSR count). The predicted molar refractivity (Wildman–Crippen MR) is 343 cm³/mol. The Morgan fingerprint density at radius 1 is 0.475 bits per heavy atom. The topological polar surface area (TPSA) is 140 Å². The molecule has 80 heavy (non-hydrogen) atoms. The van der Waals surface area contributed by atoms with E-state index in [-0.39, 0.29) is 62.6 Å². The molecular formula is C69H125CrN4O6-. The number of hydrogen-bond donors (Lipinski definition) is 4. The van der Waals surface area contributed by atoms with Crippen LogP contribution in [-0.4, -0.2) is 118 Å². The van der Waals surface area contributed by atoms with Gasteiger partial charge in [-0.25, -0.2) is 9.59 Å². The normalized spacial score (nSPS) is 14.8. The third kappa shape index (κ3) is 27.4. The van der Waals surface area contributed by atoms with Gasteiger partial charge in [-0.3, -0.25) is 9.98 Å². The Kier molecular flexibility index (Phi) is 44.0. The number of hydrogen-bond acceptors (Lipinski definition) is 6. The van der Waals surface area contributed by atoms with Crippen LogP contribution in [-0.2, 0) is 37.8 Å². The van der Waals surface area contributed by atoms with Gasteiger partial charge in [-0.15, -0.1) is 0 Å². The smallest absolute Gasteiger partial charge is 0.414 e. The average molecular weight is 1160 g/mol. The van der Waals surface area contributed by atoms with Gasteiger partial charge in [0.15, 0.2) is 0 Å². The first-order valence-corrected chi connectivity index (χ1v) is 31.2. The second-order valence-corrected chi connectivity index (χ2v) is 24.2. The van der Waals surface area contributed by atoms with E-state index >= 15 is 0 Å². The molecule has 0 amide bonds. The van der Waals surface area contributed by atoms with Gasteiger partial charge in [0.05, 0.1) is 64.4 Å². The van der Waals surface area contributed by atoms with E-state index in [1.54, 1.807) is 0 Å². The first-order chi connectivity index (χ1) is 36.3. The van der Waals surface area contributed by atoms with Crippen molar-refractivity contribution in [1.82, 2.24) is 0 Å². The standard InChI is InChI=1S/C64H112N4O2.C2H2O4.3CH3.Cr/c1-13-21-35-63(11,36-22-14-2)57-47-53(9)61(69)55(49-57)51-65-59-33-29-30-34-60(59)66-52-56-50-58(48-54(10)62(56)70)64(12,37-31-45-67(39-23-15-3,40-24-16-4)41-25-17-5)38-32-46-68(42-26-18-6,43-27-19-7)44-28-20-8;3-1(4)2(5)6;;;;/h47-52,59-60H,13-46H2,1-12H3;(H,3,4)(H,5,6);3*1H3;/q;;3*-1;/p+2. The molecule has 0 aromatic heterocycles. The summed E-state index contributed by atoms with van der Waals surface area (Å²) in [5.74, 6) is -2.94. The molecule has 1 saturated carbocycles. The summed E-state index contributed by atoms with van der Waals surface area (Å²) in [5.41, 5.74) is 6.34. The molecule has 1 aliphatic carbocycles. The Bertz CT molecular complexity index is 1920. The van der Waals surface area contributed by atoms with E-state index in [4.69, 9.17) is 29.8 Å². The van der Waals surface area contributed by atoms with Crippen LogP contribution in [0.5, 0.6) is 11.5 Å². The van der Waals surface area contributed by atoms with E-state index in [0.29, 0.717) is 11.5 Å². The SMILES string of the molecule is CCCCC(C)(CCCC)c1cc(C)c(O)c(C=NC2CCCCC2N=Cc2cc(C(C)(CCC[N+](CCCC)(CCCC)CCCC)CCC[N+](CCCC)(CCCC)CCCC)cc(C)c2O)c1.O=C(O)C(=O)O.[CH3-].[CH3-].[CH3-].[Cr]. The summed E-state index contributed by atoms with van der Waals surface area (Å²) < 4.78 is 2.58. The number of aryl methyl sites for hydroxylation is 2. The van der Waals surface area contributed by atoms with E-state index in [0.717, 1.165) is 60.8 Å². The molecule has 0 spiro atoms. The molecule has 2 aromatic carbocycles. The van der Waals surface area contributed by atoms with Crippen LogP contribution in [0.15, 0.2) is 34.3 Å². The van der Waals surface area contributed by atoms with Crippen molar-refractivity contribution in [1.29, 1.82) is 0 Å². The molecule has 4 N–H and O–H groups in total. The molecule has 2 atom stereocenters. The Morgan fingerprint density at radius 2 is 0.725 bits per heavy atom. The Morgan fingerprint density at radius 3 is 0.975 bits per heavy atom. The molecule has 2 aromatic rings. The van der Waals surface area contributed by atoms with Crippen molar-refractivity contribution in [3.05, 3.63) is 79.9 Å². The fourth-order valence-corrected chi connectivity index (χ4v) is 12.2. The quantitative estimate of drug-likeness (QED) is 0.0229. The van der Waals surface area contributed by atoms with Crippen molar-refractivity contribution < 1.29 is 56.3 Å². The number of rotatable bonds is 38. The van der Waals surface area contributed by atoms with Crippen molar-refractivity contribution in [3.63, 3.8) is 0 Å². The van der Waals surface area contributed by atoms with Gasteiger partial charge >= 0.3 is 11.9 Å². The number of phenolic OH excluding ortho intramolecular Hbond substituents is 2. The van der Waals surface area contributed by atoms with Gasteiger partial charge in [-0.1, -0.05) is 158 Å². The number of nitrogens with zero attached hydrogens (tertiary/aromatic N) is 4. The maximum Gasteiger partial charge on any atom is 0.414 e. The second-order valence-electron chi connectivity index (χ2n) is 24.2. The average Bonchev–Trinajstić information content (AvgIpc) is 3.41. The van der Waals surface area contributed by atoms with E-state index in [2.05, 4.69) is 100 Å². The molecule has 0 saturated heterocycles. The van der Waals surface area contributed by atoms with E-state index in [1.165, 1.54) is 201 Å². The fraction of sp³-hybridized carbons (Fsp3) is 0.725. The van der Waals surface area contributed by atoms with Gasteiger partial charge in [-0.2, -0.15) is 0 Å². The number of benzene rings is 2. The summed E-state index contributed by atoms with van der Waals surface area (Å²) in [6.45, 7) is 38.3. The second kappa shape index (κ2) is 43.4. The van der Waals surface area contributed by atoms with Crippen LogP contribution >= 0.6 is 0 Å². The van der Waals surface area contributed by atoms with Crippen molar-refractivity contribution in [2.24, 2.45) is 9.98 Å². The number of aliphatic carboxylic acids is 2. The number of carboxylic acid groups (broad SMARTS) is 2. The molecular weight excluding hydrogens is 1030 g/mol. The van der Waals surface area contributed by atoms with Crippen molar-refractivity contribution in [2.75, 3.05) is 52.4 Å². The fourth-order valence-electron chi connectivity index (χ4n) is 12.2. The molecule has 464 valence electrons. The molecule has 11 heteroatoms. The largest absolute Gasteiger partial charge is 0.507 e. The minimum Gasteiger partial charge on any atom is -0.507 e. The van der Waals surface area contributed by atoms with Crippen molar-refractivity contribution in [2.45, 2.75) is 273 Å². The van der Waals surface area contributed by atoms with Crippen LogP contribution in [0, 0.1) is 36.1 Å². The van der Waals surface area contributed by atoms with E-state index in [9.17, 15) is 10.2 Å². The number of unbranched alkanes of at least 4 members (excludes halogenated alkanes) is 8. The molecule has 0 radical (unpaired) electrons. The number of quaternary nitrogens is 2. The number of carbonyl (C=O) groups is 2. The number of aromatic hydroxyl groups is 2. The van der Waals surface area contributed by atoms with Gasteiger partial charge in [0.1, 0.15) is 11.5 Å². The summed E-state index contributed by atoms with van der Waals surface area (Å²) in [6, 6.07) is 9.18. The molecule has 1 aliphatic rings. The zero-order valence-electron chi connectivity index (χ0n) is 54.5. The van der Waals surface area contributed by atoms with Gasteiger partial charge in [0.2, 0.25) is 0 Å². The maximum atomic E-state index is 11.8. The van der Waals surface area contributed by atoms with Crippen LogP contribution in [0.1, 0.15) is 270 Å². The van der Waals surface area contributed by atoms with Gasteiger partial charge in [-0.05, 0) is 149 Å². The Hall–Kier alpha value is -3.23. The van der Waals surface area contributed by atoms with Crippen LogP contribution in [0.3, 0.4) is 0 Å². The number of aliphatic imine (C=N–C) groups is 2. The molecule has 0 heterocycles. The Labute approximate surface area is 504 Å². The third-order valence-corrected chi connectivity index (χ3v) is 17.5. The molecule has 1 fully saturated rings. The predicted octanol–water partition coefficient (Wildman–Crippen LogP) is 18.0. The summed E-state index contributed by atoms with van der Waals surface area (Å²) in [4.78, 5) is 28.8. The van der Waals surface area contributed by atoms with Crippen molar-refractivity contribution in [3.8, 4) is 11.5 Å². The number of phenols is 2. The van der Waals surface area contributed by atoms with E-state index in [1.807, 2.05) is 19.4 Å². The van der Waals surface area contributed by atoms with Crippen molar-refractivity contribution >= 4 is 24.4 Å². The monoisotopic (exact) mass is 1160 g/mol. The summed E-state index contributed by atoms with van der Waals surface area (Å²) in [7, 11) is 0. The van der Waals surface area contributed by atoms with Crippen LogP contribution in [0.4, 0.5) is 0 Å². The molecule has 2 unspecified atom stereocenters. The minimum atomic E-state index is -1.82. The zero-order chi connectivity index (χ0) is 56.6. The molecule has 0 bridgehead atoms. The van der Waals surface area contributed by atoms with E-state index < -0.39 is 11.9 Å². The molecule has 10 nitrogen and oxygen atoms in total. The summed E-state index contributed by atoms with van der Waals surface area (Å²) in [6.07, 6.45) is 35.6. The summed E-state index contributed by atoms with van der Waals surface area (Å²) in [5, 5.41) is 38.0. The van der Waals surface area contributed by atoms with Gasteiger partial charge in [0.25, 0.3) is 0 Å². The first-order valence-electron chi connectivity index (χ1n) is 31.2.